The van der Waals surface area contributed by atoms with E-state index in [-0.39, 0.29) is 17.6 Å². The second kappa shape index (κ2) is 5.64. The fraction of sp³-hybridized carbons (Fsp3) is 0.750. The Morgan fingerprint density at radius 1 is 1.50 bits per heavy atom. The number of rotatable bonds is 6. The molecule has 0 bridgehead atoms. The minimum Gasteiger partial charge on any atom is -0.481 e. The Morgan fingerprint density at radius 2 is 2.00 bits per heavy atom. The van der Waals surface area contributed by atoms with Crippen molar-refractivity contribution in [1.82, 2.24) is 0 Å². The van der Waals surface area contributed by atoms with Crippen molar-refractivity contribution in [3.8, 4) is 0 Å². The van der Waals surface area contributed by atoms with Crippen LogP contribution in [-0.4, -0.2) is 25.5 Å². The third kappa shape index (κ3) is 4.94. The molecule has 94 valence electrons. The van der Waals surface area contributed by atoms with E-state index < -0.39 is 14.3 Å². The molecular weight excluding hydrogens is 220 g/mol. The molecule has 0 aliphatic rings. The average Bonchev–Trinajstić information content (AvgIpc) is 1.99. The third-order valence-electron chi connectivity index (χ3n) is 3.10. The summed E-state index contributed by atoms with van der Waals surface area (Å²) < 4.78 is 6.04. The summed E-state index contributed by atoms with van der Waals surface area (Å²) >= 11 is 0. The molecule has 0 radical (unpaired) electrons. The van der Waals surface area contributed by atoms with Gasteiger partial charge in [0.05, 0.1) is 12.5 Å². The zero-order valence-corrected chi connectivity index (χ0v) is 12.0. The Bertz CT molecular complexity index is 253. The summed E-state index contributed by atoms with van der Waals surface area (Å²) in [6, 6.07) is 0. The molecule has 0 saturated heterocycles. The highest BCUT2D eigenvalue weighted by molar-refractivity contribution is 6.74. The van der Waals surface area contributed by atoms with Gasteiger partial charge in [0.2, 0.25) is 0 Å². The van der Waals surface area contributed by atoms with Crippen molar-refractivity contribution < 1.29 is 14.3 Å². The van der Waals surface area contributed by atoms with Crippen LogP contribution >= 0.6 is 0 Å². The van der Waals surface area contributed by atoms with E-state index in [1.54, 1.807) is 6.08 Å². The van der Waals surface area contributed by atoms with Crippen molar-refractivity contribution in [3.63, 3.8) is 0 Å². The number of hydrogen-bond donors (Lipinski definition) is 1. The second-order valence-corrected chi connectivity index (χ2v) is 10.4. The highest BCUT2D eigenvalue weighted by Crippen LogP contribution is 2.37. The molecule has 0 unspecified atom stereocenters. The molecule has 0 rings (SSSR count). The Morgan fingerprint density at radius 3 is 2.31 bits per heavy atom. The Balaban J connectivity index is 4.61. The van der Waals surface area contributed by atoms with E-state index in [4.69, 9.17) is 9.53 Å². The van der Waals surface area contributed by atoms with Crippen LogP contribution in [0.3, 0.4) is 0 Å². The monoisotopic (exact) mass is 244 g/mol. The van der Waals surface area contributed by atoms with Gasteiger partial charge in [0.25, 0.3) is 0 Å². The predicted octanol–water partition coefficient (Wildman–Crippen LogP) is 3.43. The number of aliphatic carboxylic acids is 1. The van der Waals surface area contributed by atoms with Crippen LogP contribution in [0.15, 0.2) is 12.7 Å². The lowest BCUT2D eigenvalue weighted by Crippen LogP contribution is -2.44. The number of carbonyl (C=O) groups is 1. The summed E-state index contributed by atoms with van der Waals surface area (Å²) in [5.41, 5.74) is 0. The van der Waals surface area contributed by atoms with Gasteiger partial charge in [-0.15, -0.1) is 6.58 Å². The van der Waals surface area contributed by atoms with Gasteiger partial charge in [-0.2, -0.15) is 0 Å². The largest absolute Gasteiger partial charge is 0.481 e. The Labute approximate surface area is 99.6 Å². The fourth-order valence-electron chi connectivity index (χ4n) is 1.15. The van der Waals surface area contributed by atoms with Crippen LogP contribution < -0.4 is 0 Å². The molecule has 4 heteroatoms. The van der Waals surface area contributed by atoms with Crippen LogP contribution in [-0.2, 0) is 9.22 Å². The lowest BCUT2D eigenvalue weighted by molar-refractivity contribution is -0.138. The smallest absolute Gasteiger partial charge is 0.305 e. The third-order valence-corrected chi connectivity index (χ3v) is 7.63. The predicted molar refractivity (Wildman–Crippen MR) is 69.1 cm³/mol. The van der Waals surface area contributed by atoms with E-state index in [1.165, 1.54) is 0 Å². The first-order valence-corrected chi connectivity index (χ1v) is 8.51. The molecule has 0 aromatic carbocycles. The molecule has 0 spiro atoms. The van der Waals surface area contributed by atoms with E-state index in [2.05, 4.69) is 40.4 Å². The summed E-state index contributed by atoms with van der Waals surface area (Å²) in [5.74, 6) is -0.814. The molecule has 0 fully saturated rings. The van der Waals surface area contributed by atoms with Gasteiger partial charge in [0, 0.05) is 0 Å². The Hall–Kier alpha value is -0.613. The van der Waals surface area contributed by atoms with Crippen LogP contribution in [0.25, 0.3) is 0 Å². The zero-order valence-electron chi connectivity index (χ0n) is 11.0. The van der Waals surface area contributed by atoms with E-state index in [9.17, 15) is 4.79 Å². The van der Waals surface area contributed by atoms with Gasteiger partial charge >= 0.3 is 5.97 Å². The van der Waals surface area contributed by atoms with Gasteiger partial charge in [-0.05, 0) is 24.6 Å². The maximum atomic E-state index is 10.7. The van der Waals surface area contributed by atoms with E-state index in [0.717, 1.165) is 0 Å². The molecular formula is C12H24O3Si. The molecule has 0 aromatic heterocycles. The highest BCUT2D eigenvalue weighted by atomic mass is 28.4. The van der Waals surface area contributed by atoms with E-state index in [0.29, 0.717) is 6.42 Å². The van der Waals surface area contributed by atoms with Crippen LogP contribution in [0.1, 0.15) is 33.6 Å². The zero-order chi connectivity index (χ0) is 13.0. The number of hydrogen-bond acceptors (Lipinski definition) is 2. The maximum absolute atomic E-state index is 10.7. The van der Waals surface area contributed by atoms with E-state index >= 15 is 0 Å². The average molecular weight is 244 g/mol. The molecule has 16 heavy (non-hydrogen) atoms. The summed E-state index contributed by atoms with van der Waals surface area (Å²) in [5, 5.41) is 8.91. The van der Waals surface area contributed by atoms with Gasteiger partial charge in [0.15, 0.2) is 8.32 Å². The lowest BCUT2D eigenvalue weighted by atomic mass is 10.2. The van der Waals surface area contributed by atoms with Crippen molar-refractivity contribution in [3.05, 3.63) is 12.7 Å². The van der Waals surface area contributed by atoms with Crippen molar-refractivity contribution in [1.29, 1.82) is 0 Å². The normalized spacial score (nSPS) is 14.6. The van der Waals surface area contributed by atoms with Crippen molar-refractivity contribution in [2.45, 2.75) is 57.8 Å². The minimum atomic E-state index is -1.88. The topological polar surface area (TPSA) is 46.5 Å². The summed E-state index contributed by atoms with van der Waals surface area (Å²) in [6.45, 7) is 14.3. The first kappa shape index (κ1) is 15.4. The van der Waals surface area contributed by atoms with Gasteiger partial charge in [0.1, 0.15) is 0 Å². The second-order valence-electron chi connectivity index (χ2n) is 5.62. The summed E-state index contributed by atoms with van der Waals surface area (Å²) in [4.78, 5) is 10.7. The van der Waals surface area contributed by atoms with Gasteiger partial charge in [-0.1, -0.05) is 26.8 Å². The SMILES string of the molecule is C=CC[C@H](CC(=O)O)O[Si](C)(C)C(C)(C)C. The molecule has 0 saturated carbocycles. The van der Waals surface area contributed by atoms with Crippen molar-refractivity contribution >= 4 is 14.3 Å². The minimum absolute atomic E-state index is 0.0541. The van der Waals surface area contributed by atoms with Crippen LogP contribution in [0.2, 0.25) is 18.1 Å². The summed E-state index contributed by atoms with van der Waals surface area (Å²) in [7, 11) is -1.88. The highest BCUT2D eigenvalue weighted by Gasteiger charge is 2.39. The maximum Gasteiger partial charge on any atom is 0.305 e. The molecule has 0 aliphatic heterocycles. The fourth-order valence-corrected chi connectivity index (χ4v) is 2.51. The van der Waals surface area contributed by atoms with Crippen molar-refractivity contribution in [2.75, 3.05) is 0 Å². The number of carboxylic acids is 1. The van der Waals surface area contributed by atoms with Crippen molar-refractivity contribution in [2.24, 2.45) is 0 Å². The Kier molecular flexibility index (Phi) is 5.42. The van der Waals surface area contributed by atoms with Crippen LogP contribution in [0.5, 0.6) is 0 Å². The van der Waals surface area contributed by atoms with Gasteiger partial charge < -0.3 is 9.53 Å². The first-order chi connectivity index (χ1) is 7.10. The molecule has 0 aromatic rings. The first-order valence-electron chi connectivity index (χ1n) is 5.60. The van der Waals surface area contributed by atoms with Gasteiger partial charge in [-0.3, -0.25) is 4.79 Å². The standard InChI is InChI=1S/C12H24O3Si/c1-7-8-10(9-11(13)14)15-16(5,6)12(2,3)4/h7,10H,1,8-9H2,2-6H3,(H,13,14)/t10-/m1/s1. The van der Waals surface area contributed by atoms with Crippen LogP contribution in [0.4, 0.5) is 0 Å². The lowest BCUT2D eigenvalue weighted by Gasteiger charge is -2.38. The number of carboxylic acid groups (broad SMARTS) is 1. The molecule has 1 atom stereocenters. The molecule has 3 nitrogen and oxygen atoms in total. The van der Waals surface area contributed by atoms with Gasteiger partial charge in [-0.25, -0.2) is 0 Å². The molecule has 0 heterocycles. The molecule has 1 N–H and O–H groups in total. The van der Waals surface area contributed by atoms with E-state index in [1.807, 2.05) is 0 Å². The summed E-state index contributed by atoms with van der Waals surface area (Å²) in [6.07, 6.45) is 2.13. The molecule has 0 amide bonds. The quantitative estimate of drug-likeness (QED) is 0.575. The molecule has 0 aliphatic carbocycles. The van der Waals surface area contributed by atoms with Crippen LogP contribution in [0, 0.1) is 0 Å².